The van der Waals surface area contributed by atoms with E-state index in [1.54, 1.807) is 0 Å². The van der Waals surface area contributed by atoms with E-state index in [4.69, 9.17) is 3.76 Å². The van der Waals surface area contributed by atoms with Crippen molar-refractivity contribution in [2.75, 3.05) is 0 Å². The van der Waals surface area contributed by atoms with E-state index in [1.807, 2.05) is 0 Å². The summed E-state index contributed by atoms with van der Waals surface area (Å²) in [5.74, 6) is 0. The van der Waals surface area contributed by atoms with Gasteiger partial charge in [0.15, 0.2) is 0 Å². The van der Waals surface area contributed by atoms with E-state index in [9.17, 15) is 0 Å². The summed E-state index contributed by atoms with van der Waals surface area (Å²) >= 11 is 1.14. The first-order valence-corrected chi connectivity index (χ1v) is 1.16. The van der Waals surface area contributed by atoms with Crippen LogP contribution in [-0.2, 0) is 20.2 Å². The van der Waals surface area contributed by atoms with Crippen molar-refractivity contribution in [2.45, 2.75) is 0 Å². The topological polar surface area (TPSA) is 20.2 Å². The van der Waals surface area contributed by atoms with Gasteiger partial charge in [0.2, 0.25) is 0 Å². The van der Waals surface area contributed by atoms with Crippen LogP contribution < -0.4 is 24.8 Å². The van der Waals surface area contributed by atoms with E-state index < -0.39 is 0 Å². The predicted molar refractivity (Wildman–Crippen MR) is 2.22 cm³/mol. The van der Waals surface area contributed by atoms with E-state index in [-0.39, 0.29) is 24.8 Å². The van der Waals surface area contributed by atoms with Gasteiger partial charge in [0.25, 0.3) is 0 Å². The Morgan fingerprint density at radius 1 is 1.00 bits per heavy atom. The zero-order valence-electron chi connectivity index (χ0n) is 1.52. The Kier molecular flexibility index (Phi) is 137. The molecule has 0 aliphatic heterocycles. The van der Waals surface area contributed by atoms with E-state index >= 15 is 0 Å². The van der Waals surface area contributed by atoms with Crippen molar-refractivity contribution in [3.8, 4) is 0 Å². The Morgan fingerprint density at radius 3 is 1.00 bits per heavy atom. The summed E-state index contributed by atoms with van der Waals surface area (Å²) in [6.07, 6.45) is 0. The molecule has 0 unspecified atom stereocenters. The molecule has 0 aromatic rings. The van der Waals surface area contributed by atoms with Gasteiger partial charge in [0.05, 0.1) is 0 Å². The third kappa shape index (κ3) is 10.6. The first-order chi connectivity index (χ1) is 1.00. The Balaban J connectivity index is -0.00000000500. The van der Waals surface area contributed by atoms with Gasteiger partial charge in [-0.3, -0.25) is 0 Å². The summed E-state index contributed by atoms with van der Waals surface area (Å²) in [5, 5.41) is 0. The average Bonchev–Trinajstić information content (AvgIpc) is 1.00. The first kappa shape index (κ1) is 18.8. The third-order valence-corrected chi connectivity index (χ3v) is 0. The SMILES string of the molecule is [Cl-].[Cl-].[OH][Pt+2]. The van der Waals surface area contributed by atoms with Crippen molar-refractivity contribution in [2.24, 2.45) is 0 Å². The normalized spacial score (nSPS) is 1.50. The summed E-state index contributed by atoms with van der Waals surface area (Å²) in [4.78, 5) is 0. The van der Waals surface area contributed by atoms with Crippen LogP contribution in [0, 0.1) is 0 Å². The molecule has 4 heteroatoms. The first-order valence-electron chi connectivity index (χ1n) is 0.141. The Labute approximate surface area is 49.0 Å². The van der Waals surface area contributed by atoms with Crippen LogP contribution >= 0.6 is 0 Å². The molecule has 0 aliphatic carbocycles. The number of rotatable bonds is 0. The fourth-order valence-electron chi connectivity index (χ4n) is 0. The molecule has 0 atom stereocenters. The fourth-order valence-corrected chi connectivity index (χ4v) is 0. The van der Waals surface area contributed by atoms with Gasteiger partial charge in [-0.2, -0.15) is 0 Å². The molecule has 1 nitrogen and oxygen atoms in total. The Bertz CT molecular complexity index is 6.00. The molecule has 0 spiro atoms. The zero-order valence-corrected chi connectivity index (χ0v) is 5.30. The molecule has 31 valence electrons. The zero-order chi connectivity index (χ0) is 2.00. The van der Waals surface area contributed by atoms with Crippen molar-refractivity contribution >= 4 is 0 Å². The molecule has 0 saturated carbocycles. The second-order valence-corrected chi connectivity index (χ2v) is 0. The molecule has 0 aromatic heterocycles. The Morgan fingerprint density at radius 2 is 1.00 bits per heavy atom. The Hall–Kier alpha value is 1.23. The molecule has 0 fully saturated rings. The molecule has 0 amide bonds. The molecule has 0 radical (unpaired) electrons. The van der Waals surface area contributed by atoms with Crippen LogP contribution in [0.2, 0.25) is 0 Å². The molecular weight excluding hydrogens is 282 g/mol. The van der Waals surface area contributed by atoms with Gasteiger partial charge in [-0.05, 0) is 0 Å². The predicted octanol–water partition coefficient (Wildman–Crippen LogP) is -6.55. The molecule has 0 aliphatic rings. The van der Waals surface area contributed by atoms with Gasteiger partial charge in [-0.15, -0.1) is 0 Å². The van der Waals surface area contributed by atoms with Gasteiger partial charge in [-0.25, -0.2) is 0 Å². The summed E-state index contributed by atoms with van der Waals surface area (Å²) in [5.41, 5.74) is 0. The molecule has 4 heavy (non-hydrogen) atoms. The molecular formula is HCl2OPt. The van der Waals surface area contributed by atoms with E-state index in [1.165, 1.54) is 0 Å². The minimum atomic E-state index is 0. The number of hydrogen-bond acceptors (Lipinski definition) is 1. The van der Waals surface area contributed by atoms with Crippen molar-refractivity contribution < 1.29 is 48.8 Å². The number of hydrogen-bond donors (Lipinski definition) is 1. The van der Waals surface area contributed by atoms with Crippen molar-refractivity contribution in [3.05, 3.63) is 0 Å². The maximum absolute atomic E-state index is 6.97. The van der Waals surface area contributed by atoms with Gasteiger partial charge < -0.3 is 24.8 Å². The second-order valence-electron chi connectivity index (χ2n) is 0. The van der Waals surface area contributed by atoms with Crippen LogP contribution in [0.1, 0.15) is 0 Å². The van der Waals surface area contributed by atoms with Gasteiger partial charge in [-0.1, -0.05) is 0 Å². The van der Waals surface area contributed by atoms with Gasteiger partial charge in [0, 0.05) is 0 Å². The monoisotopic (exact) mass is 282 g/mol. The molecule has 0 rings (SSSR count). The summed E-state index contributed by atoms with van der Waals surface area (Å²) in [6, 6.07) is 0. The third-order valence-electron chi connectivity index (χ3n) is 0. The van der Waals surface area contributed by atoms with Crippen LogP contribution in [0.15, 0.2) is 0 Å². The van der Waals surface area contributed by atoms with Crippen LogP contribution in [0.25, 0.3) is 0 Å². The van der Waals surface area contributed by atoms with Crippen LogP contribution in [0.3, 0.4) is 0 Å². The molecule has 0 aromatic carbocycles. The van der Waals surface area contributed by atoms with E-state index in [0.717, 1.165) is 20.2 Å². The molecule has 1 N–H and O–H groups in total. The maximum atomic E-state index is 6.97. The van der Waals surface area contributed by atoms with E-state index in [0.29, 0.717) is 0 Å². The standard InChI is InChI=1S/2ClH.H2O.Pt/h2*1H;1H2;/q;;;+3/p-3. The molecule has 0 saturated heterocycles. The quantitative estimate of drug-likeness (QED) is 0.469. The average molecular weight is 283 g/mol. The van der Waals surface area contributed by atoms with E-state index in [2.05, 4.69) is 0 Å². The molecule has 0 bridgehead atoms. The van der Waals surface area contributed by atoms with Gasteiger partial charge in [0.1, 0.15) is 0 Å². The summed E-state index contributed by atoms with van der Waals surface area (Å²) in [6.45, 7) is 0. The molecule has 0 heterocycles. The second kappa shape index (κ2) is 29.2. The minimum absolute atomic E-state index is 0. The summed E-state index contributed by atoms with van der Waals surface area (Å²) < 4.78 is 6.97. The van der Waals surface area contributed by atoms with Crippen LogP contribution in [0.4, 0.5) is 0 Å². The van der Waals surface area contributed by atoms with Crippen molar-refractivity contribution in [1.29, 1.82) is 0 Å². The summed E-state index contributed by atoms with van der Waals surface area (Å²) in [7, 11) is 0. The van der Waals surface area contributed by atoms with Crippen LogP contribution in [-0.4, -0.2) is 3.76 Å². The van der Waals surface area contributed by atoms with Crippen molar-refractivity contribution in [1.82, 2.24) is 0 Å². The van der Waals surface area contributed by atoms with Gasteiger partial charge >= 0.3 is 24.0 Å². The van der Waals surface area contributed by atoms with Crippen molar-refractivity contribution in [3.63, 3.8) is 0 Å². The van der Waals surface area contributed by atoms with Crippen LogP contribution in [0.5, 0.6) is 0 Å². The fraction of sp³-hybridized carbons (Fsp3) is 0. The number of halogens is 2.